The zero-order chi connectivity index (χ0) is 23.6. The van der Waals surface area contributed by atoms with Crippen molar-refractivity contribution in [3.8, 4) is 0 Å². The number of hydrogen-bond donors (Lipinski definition) is 1. The van der Waals surface area contributed by atoms with Gasteiger partial charge >= 0.3 is 0 Å². The SMILES string of the molecule is COCCNC(=O)c1ccc2c(c1)N(Cc1ccc(F)cc1)C(=O)c1ccccc1S2(=O)=O. The molecule has 0 spiro atoms. The summed E-state index contributed by atoms with van der Waals surface area (Å²) < 4.78 is 45.2. The number of halogens is 1. The second kappa shape index (κ2) is 9.13. The molecule has 1 aliphatic heterocycles. The molecule has 0 bridgehead atoms. The van der Waals surface area contributed by atoms with E-state index in [1.807, 2.05) is 0 Å². The van der Waals surface area contributed by atoms with Gasteiger partial charge in [0.2, 0.25) is 9.84 Å². The third-order valence-corrected chi connectivity index (χ3v) is 7.16. The fourth-order valence-corrected chi connectivity index (χ4v) is 5.28. The molecule has 0 atom stereocenters. The molecule has 0 radical (unpaired) electrons. The highest BCUT2D eigenvalue weighted by atomic mass is 32.2. The van der Waals surface area contributed by atoms with Crippen LogP contribution in [0.15, 0.2) is 76.5 Å². The van der Waals surface area contributed by atoms with Gasteiger partial charge in [-0.05, 0) is 48.0 Å². The summed E-state index contributed by atoms with van der Waals surface area (Å²) in [5, 5.41) is 2.68. The van der Waals surface area contributed by atoms with Crippen LogP contribution in [0, 0.1) is 5.82 Å². The summed E-state index contributed by atoms with van der Waals surface area (Å²) >= 11 is 0. The van der Waals surface area contributed by atoms with Crippen LogP contribution in [0.25, 0.3) is 0 Å². The predicted molar refractivity (Wildman–Crippen MR) is 119 cm³/mol. The summed E-state index contributed by atoms with van der Waals surface area (Å²) in [6.07, 6.45) is 0. The fourth-order valence-electron chi connectivity index (χ4n) is 3.65. The van der Waals surface area contributed by atoms with Crippen LogP contribution in [0.1, 0.15) is 26.3 Å². The molecule has 2 amide bonds. The Bertz CT molecular complexity index is 1320. The molecule has 0 saturated carbocycles. The lowest BCUT2D eigenvalue weighted by atomic mass is 10.1. The topological polar surface area (TPSA) is 92.8 Å². The van der Waals surface area contributed by atoms with Gasteiger partial charge in [-0.3, -0.25) is 9.59 Å². The smallest absolute Gasteiger partial charge is 0.259 e. The normalized spacial score (nSPS) is 14.2. The summed E-state index contributed by atoms with van der Waals surface area (Å²) in [5.74, 6) is -1.39. The molecule has 170 valence electrons. The van der Waals surface area contributed by atoms with Crippen molar-refractivity contribution in [2.45, 2.75) is 16.3 Å². The van der Waals surface area contributed by atoms with E-state index < -0.39 is 27.5 Å². The minimum absolute atomic E-state index is 0.00921. The second-order valence-corrected chi connectivity index (χ2v) is 9.34. The molecule has 1 aliphatic rings. The molecule has 33 heavy (non-hydrogen) atoms. The van der Waals surface area contributed by atoms with E-state index in [1.54, 1.807) is 12.1 Å². The molecule has 9 heteroatoms. The minimum Gasteiger partial charge on any atom is -0.383 e. The van der Waals surface area contributed by atoms with Gasteiger partial charge in [0.1, 0.15) is 5.82 Å². The van der Waals surface area contributed by atoms with Gasteiger partial charge in [-0.15, -0.1) is 0 Å². The molecule has 3 aromatic rings. The van der Waals surface area contributed by atoms with Crippen molar-refractivity contribution in [3.63, 3.8) is 0 Å². The number of hydrogen-bond acceptors (Lipinski definition) is 5. The molecule has 4 rings (SSSR count). The Balaban J connectivity index is 1.86. The minimum atomic E-state index is -4.04. The molecule has 0 saturated heterocycles. The van der Waals surface area contributed by atoms with Gasteiger partial charge in [-0.2, -0.15) is 0 Å². The van der Waals surface area contributed by atoms with Crippen molar-refractivity contribution in [3.05, 3.63) is 89.2 Å². The van der Waals surface area contributed by atoms with Crippen LogP contribution in [-0.4, -0.2) is 40.5 Å². The first-order valence-electron chi connectivity index (χ1n) is 10.1. The molecular weight excluding hydrogens is 447 g/mol. The summed E-state index contributed by atoms with van der Waals surface area (Å²) in [5.41, 5.74) is 0.909. The van der Waals surface area contributed by atoms with Crippen molar-refractivity contribution in [1.82, 2.24) is 5.32 Å². The maximum Gasteiger partial charge on any atom is 0.259 e. The first-order chi connectivity index (χ1) is 15.8. The highest BCUT2D eigenvalue weighted by Gasteiger charge is 2.36. The number of methoxy groups -OCH3 is 1. The Morgan fingerprint density at radius 2 is 1.76 bits per heavy atom. The van der Waals surface area contributed by atoms with Gasteiger partial charge < -0.3 is 15.0 Å². The monoisotopic (exact) mass is 468 g/mol. The summed E-state index contributed by atoms with van der Waals surface area (Å²) in [4.78, 5) is 27.2. The number of amides is 2. The van der Waals surface area contributed by atoms with E-state index in [9.17, 15) is 22.4 Å². The van der Waals surface area contributed by atoms with E-state index in [0.29, 0.717) is 12.2 Å². The van der Waals surface area contributed by atoms with Crippen LogP contribution in [0.3, 0.4) is 0 Å². The highest BCUT2D eigenvalue weighted by molar-refractivity contribution is 7.91. The third kappa shape index (κ3) is 4.37. The second-order valence-electron chi connectivity index (χ2n) is 7.45. The molecule has 1 N–H and O–H groups in total. The summed E-state index contributed by atoms with van der Waals surface area (Å²) in [6, 6.07) is 15.7. The average Bonchev–Trinajstić information content (AvgIpc) is 2.88. The van der Waals surface area contributed by atoms with Crippen molar-refractivity contribution in [2.24, 2.45) is 0 Å². The van der Waals surface area contributed by atoms with E-state index in [-0.39, 0.29) is 39.7 Å². The molecule has 0 fully saturated rings. The first-order valence-corrected chi connectivity index (χ1v) is 11.6. The maximum absolute atomic E-state index is 13.5. The predicted octanol–water partition coefficient (Wildman–Crippen LogP) is 3.20. The Morgan fingerprint density at radius 3 is 2.48 bits per heavy atom. The molecule has 1 heterocycles. The first kappa shape index (κ1) is 22.6. The summed E-state index contributed by atoms with van der Waals surface area (Å²) in [7, 11) is -2.53. The van der Waals surface area contributed by atoms with Crippen molar-refractivity contribution in [1.29, 1.82) is 0 Å². The number of sulfone groups is 1. The third-order valence-electron chi connectivity index (χ3n) is 5.30. The maximum atomic E-state index is 13.5. The number of rotatable bonds is 6. The zero-order valence-electron chi connectivity index (χ0n) is 17.7. The molecule has 0 aliphatic carbocycles. The number of carbonyl (C=O) groups excluding carboxylic acids is 2. The van der Waals surface area contributed by atoms with Gasteiger partial charge in [-0.25, -0.2) is 12.8 Å². The van der Waals surface area contributed by atoms with Gasteiger partial charge in [-0.1, -0.05) is 24.3 Å². The number of ether oxygens (including phenoxy) is 1. The average molecular weight is 469 g/mol. The largest absolute Gasteiger partial charge is 0.383 e. The van der Waals surface area contributed by atoms with Crippen LogP contribution in [0.5, 0.6) is 0 Å². The van der Waals surface area contributed by atoms with E-state index in [4.69, 9.17) is 4.74 Å². The van der Waals surface area contributed by atoms with Gasteiger partial charge in [0.15, 0.2) is 0 Å². The quantitative estimate of drug-likeness (QED) is 0.561. The Labute approximate surface area is 190 Å². The van der Waals surface area contributed by atoms with Gasteiger partial charge in [0, 0.05) is 19.2 Å². The highest BCUT2D eigenvalue weighted by Crippen LogP contribution is 2.38. The lowest BCUT2D eigenvalue weighted by molar-refractivity contribution is 0.0934. The lowest BCUT2D eigenvalue weighted by Crippen LogP contribution is -2.31. The van der Waals surface area contributed by atoms with Gasteiger partial charge in [0.05, 0.1) is 34.2 Å². The molecular formula is C24H21FN2O5S. The van der Waals surface area contributed by atoms with E-state index in [0.717, 1.165) is 0 Å². The Hall–Kier alpha value is -3.56. The molecule has 7 nitrogen and oxygen atoms in total. The van der Waals surface area contributed by atoms with Gasteiger partial charge in [0.25, 0.3) is 11.8 Å². The number of benzene rings is 3. The Morgan fingerprint density at radius 1 is 1.03 bits per heavy atom. The standard InChI is InChI=1S/C24H21FN2O5S/c1-32-13-12-26-23(28)17-8-11-22-20(14-17)27(15-16-6-9-18(25)10-7-16)24(29)19-4-2-3-5-21(19)33(22,30)31/h2-11,14H,12-13,15H2,1H3,(H,26,28). The van der Waals surface area contributed by atoms with Crippen LogP contribution in [0.4, 0.5) is 10.1 Å². The number of nitrogens with one attached hydrogen (secondary N) is 1. The molecule has 3 aromatic carbocycles. The molecule has 0 unspecified atom stereocenters. The lowest BCUT2D eigenvalue weighted by Gasteiger charge is -2.23. The van der Waals surface area contributed by atoms with E-state index in [2.05, 4.69) is 5.32 Å². The zero-order valence-corrected chi connectivity index (χ0v) is 18.6. The van der Waals surface area contributed by atoms with Crippen LogP contribution in [0.2, 0.25) is 0 Å². The number of carbonyl (C=O) groups is 2. The van der Waals surface area contributed by atoms with E-state index in [1.165, 1.54) is 66.6 Å². The number of fused-ring (bicyclic) bond motifs is 2. The van der Waals surface area contributed by atoms with Crippen molar-refractivity contribution < 1.29 is 27.1 Å². The van der Waals surface area contributed by atoms with Crippen LogP contribution < -0.4 is 10.2 Å². The number of anilines is 1. The fraction of sp³-hybridized carbons (Fsp3) is 0.167. The van der Waals surface area contributed by atoms with Crippen molar-refractivity contribution >= 4 is 27.3 Å². The summed E-state index contributed by atoms with van der Waals surface area (Å²) in [6.45, 7) is 0.578. The van der Waals surface area contributed by atoms with Crippen molar-refractivity contribution in [2.75, 3.05) is 25.2 Å². The number of nitrogens with zero attached hydrogens (tertiary/aromatic N) is 1. The van der Waals surface area contributed by atoms with E-state index >= 15 is 0 Å². The molecule has 0 aromatic heterocycles. The van der Waals surface area contributed by atoms with Crippen LogP contribution in [-0.2, 0) is 21.1 Å². The van der Waals surface area contributed by atoms with Crippen LogP contribution >= 0.6 is 0 Å². The Kier molecular flexibility index (Phi) is 6.26.